The molecule has 0 bridgehead atoms. The van der Waals surface area contributed by atoms with E-state index in [-0.39, 0.29) is 14.9 Å². The first-order valence-corrected chi connectivity index (χ1v) is 11.0. The minimum Gasteiger partial charge on any atom is -0.370 e. The number of rotatable bonds is 7. The number of benzene rings is 2. The lowest BCUT2D eigenvalue weighted by Crippen LogP contribution is -2.13. The lowest BCUT2D eigenvalue weighted by molar-refractivity contribution is 0.601. The lowest BCUT2D eigenvalue weighted by Gasteiger charge is -2.11. The summed E-state index contributed by atoms with van der Waals surface area (Å²) in [4.78, 5) is 8.65. The van der Waals surface area contributed by atoms with Crippen LogP contribution in [-0.2, 0) is 10.0 Å². The Morgan fingerprint density at radius 3 is 2.34 bits per heavy atom. The monoisotopic (exact) mass is 451 g/mol. The third kappa shape index (κ3) is 5.50. The van der Waals surface area contributed by atoms with Gasteiger partial charge in [0.15, 0.2) is 0 Å². The van der Waals surface area contributed by atoms with Crippen LogP contribution < -0.4 is 15.4 Å². The Balaban J connectivity index is 1.76. The van der Waals surface area contributed by atoms with Crippen LogP contribution in [0.4, 0.5) is 23.1 Å². The van der Waals surface area contributed by atoms with Gasteiger partial charge in [0.2, 0.25) is 5.95 Å². The van der Waals surface area contributed by atoms with Gasteiger partial charge in [-0.1, -0.05) is 23.2 Å². The molecule has 0 spiro atoms. The van der Waals surface area contributed by atoms with Crippen molar-refractivity contribution < 1.29 is 8.42 Å². The maximum absolute atomic E-state index is 12.6. The number of aryl methyl sites for hydroxylation is 1. The zero-order valence-corrected chi connectivity index (χ0v) is 18.0. The molecule has 152 valence electrons. The number of nitrogens with one attached hydrogen (secondary N) is 3. The molecule has 0 saturated heterocycles. The molecule has 0 aliphatic carbocycles. The Labute approximate surface area is 179 Å². The number of aromatic nitrogens is 2. The van der Waals surface area contributed by atoms with Crippen molar-refractivity contribution in [1.82, 2.24) is 9.97 Å². The molecule has 0 radical (unpaired) electrons. The van der Waals surface area contributed by atoms with Gasteiger partial charge >= 0.3 is 0 Å². The summed E-state index contributed by atoms with van der Waals surface area (Å²) in [6, 6.07) is 12.8. The SMILES string of the molecule is CCNc1cc(C)nc(Nc2ccc(NS(=O)(=O)c3cc(Cl)ccc3Cl)cc2)n1. The van der Waals surface area contributed by atoms with Gasteiger partial charge in [-0.15, -0.1) is 0 Å². The molecule has 0 atom stereocenters. The van der Waals surface area contributed by atoms with Crippen molar-refractivity contribution in [1.29, 1.82) is 0 Å². The molecule has 1 heterocycles. The van der Waals surface area contributed by atoms with Gasteiger partial charge in [0, 0.05) is 34.7 Å². The minimum absolute atomic E-state index is 0.0852. The summed E-state index contributed by atoms with van der Waals surface area (Å²) in [5, 5.41) is 6.62. The van der Waals surface area contributed by atoms with Gasteiger partial charge in [0.25, 0.3) is 10.0 Å². The molecule has 0 aliphatic heterocycles. The molecule has 0 unspecified atom stereocenters. The third-order valence-electron chi connectivity index (χ3n) is 3.79. The van der Waals surface area contributed by atoms with E-state index in [1.54, 1.807) is 24.3 Å². The van der Waals surface area contributed by atoms with E-state index in [0.29, 0.717) is 17.3 Å². The molecule has 3 aromatic rings. The van der Waals surface area contributed by atoms with Crippen molar-refractivity contribution in [2.75, 3.05) is 21.9 Å². The smallest absolute Gasteiger partial charge is 0.263 e. The Kier molecular flexibility index (Phi) is 6.46. The van der Waals surface area contributed by atoms with Gasteiger partial charge < -0.3 is 10.6 Å². The van der Waals surface area contributed by atoms with Gasteiger partial charge in [0.1, 0.15) is 10.7 Å². The van der Waals surface area contributed by atoms with E-state index in [1.165, 1.54) is 18.2 Å². The van der Waals surface area contributed by atoms with Crippen LogP contribution in [-0.4, -0.2) is 24.9 Å². The van der Waals surface area contributed by atoms with Crippen LogP contribution in [0, 0.1) is 6.92 Å². The molecule has 0 fully saturated rings. The fourth-order valence-corrected chi connectivity index (χ4v) is 4.36. The average molecular weight is 452 g/mol. The Bertz CT molecular complexity index is 1120. The summed E-state index contributed by atoms with van der Waals surface area (Å²) in [6.07, 6.45) is 0. The molecule has 10 heteroatoms. The zero-order chi connectivity index (χ0) is 21.0. The molecule has 0 saturated carbocycles. The van der Waals surface area contributed by atoms with E-state index < -0.39 is 10.0 Å². The topological polar surface area (TPSA) is 96.0 Å². The van der Waals surface area contributed by atoms with Gasteiger partial charge in [-0.25, -0.2) is 13.4 Å². The van der Waals surface area contributed by atoms with Gasteiger partial charge in [-0.05, 0) is 56.3 Å². The highest BCUT2D eigenvalue weighted by Crippen LogP contribution is 2.27. The van der Waals surface area contributed by atoms with Crippen LogP contribution in [0.15, 0.2) is 53.4 Å². The largest absolute Gasteiger partial charge is 0.370 e. The molecular formula is C19H19Cl2N5O2S. The average Bonchev–Trinajstić information content (AvgIpc) is 2.65. The first kappa shape index (κ1) is 21.2. The minimum atomic E-state index is -3.88. The first-order valence-electron chi connectivity index (χ1n) is 8.71. The second-order valence-corrected chi connectivity index (χ2v) is 8.63. The highest BCUT2D eigenvalue weighted by molar-refractivity contribution is 7.92. The predicted octanol–water partition coefficient (Wildman–Crippen LogP) is 5.07. The quantitative estimate of drug-likeness (QED) is 0.463. The molecule has 3 N–H and O–H groups in total. The number of hydrogen-bond acceptors (Lipinski definition) is 6. The zero-order valence-electron chi connectivity index (χ0n) is 15.7. The molecule has 1 aromatic heterocycles. The molecule has 0 amide bonds. The summed E-state index contributed by atoms with van der Waals surface area (Å²) < 4.78 is 27.7. The van der Waals surface area contributed by atoms with E-state index in [9.17, 15) is 8.42 Å². The standard InChI is InChI=1S/C19H19Cl2N5O2S/c1-3-22-18-10-12(2)23-19(25-18)24-14-5-7-15(8-6-14)26-29(27,28)17-11-13(20)4-9-16(17)21/h4-11,26H,3H2,1-2H3,(H2,22,23,24,25). The first-order chi connectivity index (χ1) is 13.8. The summed E-state index contributed by atoms with van der Waals surface area (Å²) in [5.41, 5.74) is 1.91. The van der Waals surface area contributed by atoms with Crippen molar-refractivity contribution in [2.24, 2.45) is 0 Å². The molecular weight excluding hydrogens is 433 g/mol. The normalized spacial score (nSPS) is 11.2. The fraction of sp³-hybridized carbons (Fsp3) is 0.158. The van der Waals surface area contributed by atoms with E-state index >= 15 is 0 Å². The number of nitrogens with zero attached hydrogens (tertiary/aromatic N) is 2. The van der Waals surface area contributed by atoms with Crippen molar-refractivity contribution in [2.45, 2.75) is 18.7 Å². The van der Waals surface area contributed by atoms with Crippen molar-refractivity contribution >= 4 is 56.4 Å². The number of sulfonamides is 1. The maximum atomic E-state index is 12.6. The number of hydrogen-bond donors (Lipinski definition) is 3. The van der Waals surface area contributed by atoms with Gasteiger partial charge in [0.05, 0.1) is 5.02 Å². The van der Waals surface area contributed by atoms with Crippen LogP contribution in [0.3, 0.4) is 0 Å². The molecule has 2 aromatic carbocycles. The van der Waals surface area contributed by atoms with Crippen LogP contribution in [0.25, 0.3) is 0 Å². The lowest BCUT2D eigenvalue weighted by atomic mass is 10.3. The molecule has 3 rings (SSSR count). The Morgan fingerprint density at radius 1 is 0.966 bits per heavy atom. The van der Waals surface area contributed by atoms with Crippen molar-refractivity contribution in [3.8, 4) is 0 Å². The Hall–Kier alpha value is -2.55. The van der Waals surface area contributed by atoms with E-state index in [1.807, 2.05) is 19.9 Å². The molecule has 0 aliphatic rings. The van der Waals surface area contributed by atoms with E-state index in [2.05, 4.69) is 25.3 Å². The Morgan fingerprint density at radius 2 is 1.66 bits per heavy atom. The van der Waals surface area contributed by atoms with Crippen molar-refractivity contribution in [3.63, 3.8) is 0 Å². The van der Waals surface area contributed by atoms with Gasteiger partial charge in [-0.3, -0.25) is 4.72 Å². The summed E-state index contributed by atoms with van der Waals surface area (Å²) >= 11 is 11.9. The van der Waals surface area contributed by atoms with Crippen LogP contribution >= 0.6 is 23.2 Å². The maximum Gasteiger partial charge on any atom is 0.263 e. The van der Waals surface area contributed by atoms with Crippen molar-refractivity contribution in [3.05, 3.63) is 64.3 Å². The summed E-state index contributed by atoms with van der Waals surface area (Å²) in [5.74, 6) is 1.17. The highest BCUT2D eigenvalue weighted by Gasteiger charge is 2.18. The van der Waals surface area contributed by atoms with Crippen LogP contribution in [0.2, 0.25) is 10.0 Å². The highest BCUT2D eigenvalue weighted by atomic mass is 35.5. The van der Waals surface area contributed by atoms with Crippen LogP contribution in [0.5, 0.6) is 0 Å². The molecule has 29 heavy (non-hydrogen) atoms. The van der Waals surface area contributed by atoms with E-state index in [0.717, 1.165) is 18.1 Å². The van der Waals surface area contributed by atoms with Gasteiger partial charge in [-0.2, -0.15) is 4.98 Å². The third-order valence-corrected chi connectivity index (χ3v) is 5.89. The summed E-state index contributed by atoms with van der Waals surface area (Å²) in [7, 11) is -3.88. The molecule has 7 nitrogen and oxygen atoms in total. The number of anilines is 4. The summed E-state index contributed by atoms with van der Waals surface area (Å²) in [6.45, 7) is 4.62. The number of halogens is 2. The van der Waals surface area contributed by atoms with E-state index in [4.69, 9.17) is 23.2 Å². The fourth-order valence-electron chi connectivity index (χ4n) is 2.54. The predicted molar refractivity (Wildman–Crippen MR) is 118 cm³/mol. The second-order valence-electron chi connectivity index (χ2n) is 6.13. The van der Waals surface area contributed by atoms with Crippen LogP contribution in [0.1, 0.15) is 12.6 Å². The second kappa shape index (κ2) is 8.86.